The third kappa shape index (κ3) is 7.99. The summed E-state index contributed by atoms with van der Waals surface area (Å²) in [6.07, 6.45) is -0.750. The molecule has 1 aliphatic rings. The van der Waals surface area contributed by atoms with Crippen LogP contribution in [0.25, 0.3) is 0 Å². The minimum absolute atomic E-state index is 0.146. The minimum atomic E-state index is -0.605. The largest absolute Gasteiger partial charge is 0.444 e. The first kappa shape index (κ1) is 26.5. The summed E-state index contributed by atoms with van der Waals surface area (Å²) in [5.74, 6) is 0. The van der Waals surface area contributed by atoms with Gasteiger partial charge in [-0.3, -0.25) is 4.90 Å². The van der Waals surface area contributed by atoms with E-state index in [2.05, 4.69) is 22.3 Å². The van der Waals surface area contributed by atoms with E-state index < -0.39 is 17.3 Å². The summed E-state index contributed by atoms with van der Waals surface area (Å²) in [6.45, 7) is 13.6. The topological polar surface area (TPSA) is 71.1 Å². The lowest BCUT2D eigenvalue weighted by molar-refractivity contribution is 0.00708. The monoisotopic (exact) mass is 481 g/mol. The molecule has 2 aromatic carbocycles. The summed E-state index contributed by atoms with van der Waals surface area (Å²) in [5, 5.41) is 3.14. The average Bonchev–Trinajstić information content (AvgIpc) is 2.78. The normalized spacial score (nSPS) is 16.8. The van der Waals surface area contributed by atoms with E-state index in [1.54, 1.807) is 4.90 Å². The number of nitrogens with zero attached hydrogens (tertiary/aromatic N) is 2. The number of benzene rings is 2. The van der Waals surface area contributed by atoms with Crippen molar-refractivity contribution >= 4 is 12.2 Å². The maximum Gasteiger partial charge on any atom is 0.410 e. The number of ether oxygens (including phenoxy) is 2. The van der Waals surface area contributed by atoms with E-state index in [9.17, 15) is 9.59 Å². The van der Waals surface area contributed by atoms with Gasteiger partial charge in [0.15, 0.2) is 0 Å². The van der Waals surface area contributed by atoms with Crippen LogP contribution in [0.1, 0.15) is 64.8 Å². The van der Waals surface area contributed by atoms with Gasteiger partial charge in [-0.05, 0) is 52.7 Å². The van der Waals surface area contributed by atoms with Gasteiger partial charge in [-0.1, -0.05) is 60.7 Å². The van der Waals surface area contributed by atoms with Crippen molar-refractivity contribution in [1.29, 1.82) is 0 Å². The molecule has 0 aromatic heterocycles. The van der Waals surface area contributed by atoms with E-state index >= 15 is 0 Å². The SMILES string of the molecule is CC(C)(C)OC(=O)N[C@H](c1ccccc1)[C@H](c1ccccc1)N1CCN(C(=O)OC(C)(C)C)CC1. The fraction of sp³-hybridized carbons (Fsp3) is 0.500. The van der Waals surface area contributed by atoms with Gasteiger partial charge in [0.2, 0.25) is 0 Å². The smallest absolute Gasteiger partial charge is 0.410 e. The number of nitrogens with one attached hydrogen (secondary N) is 1. The molecule has 0 spiro atoms. The van der Waals surface area contributed by atoms with Crippen LogP contribution in [-0.2, 0) is 9.47 Å². The Labute approximate surface area is 209 Å². The van der Waals surface area contributed by atoms with Crippen LogP contribution in [0, 0.1) is 0 Å². The predicted octanol–water partition coefficient (Wildman–Crippen LogP) is 5.55. The van der Waals surface area contributed by atoms with Crippen LogP contribution in [0.4, 0.5) is 9.59 Å². The van der Waals surface area contributed by atoms with Crippen molar-refractivity contribution < 1.29 is 19.1 Å². The van der Waals surface area contributed by atoms with E-state index in [0.717, 1.165) is 11.1 Å². The van der Waals surface area contributed by atoms with Crippen LogP contribution < -0.4 is 5.32 Å². The van der Waals surface area contributed by atoms with Crippen LogP contribution in [0.15, 0.2) is 60.7 Å². The zero-order valence-electron chi connectivity index (χ0n) is 21.8. The van der Waals surface area contributed by atoms with Crippen LogP contribution >= 0.6 is 0 Å². The molecule has 0 unspecified atom stereocenters. The van der Waals surface area contributed by atoms with E-state index in [0.29, 0.717) is 26.2 Å². The molecule has 3 rings (SSSR count). The molecule has 0 radical (unpaired) electrons. The second-order valence-electron chi connectivity index (χ2n) is 10.9. The average molecular weight is 482 g/mol. The first-order valence-corrected chi connectivity index (χ1v) is 12.2. The minimum Gasteiger partial charge on any atom is -0.444 e. The third-order valence-corrected chi connectivity index (χ3v) is 5.65. The summed E-state index contributed by atoms with van der Waals surface area (Å²) < 4.78 is 11.2. The van der Waals surface area contributed by atoms with Crippen LogP contribution in [0.5, 0.6) is 0 Å². The number of hydrogen-bond acceptors (Lipinski definition) is 5. The highest BCUT2D eigenvalue weighted by molar-refractivity contribution is 5.69. The second-order valence-corrected chi connectivity index (χ2v) is 10.9. The Bertz CT molecular complexity index is 959. The molecule has 7 heteroatoms. The molecule has 0 saturated carbocycles. The molecule has 2 aromatic rings. The first-order valence-electron chi connectivity index (χ1n) is 12.2. The number of carbonyl (C=O) groups excluding carboxylic acids is 2. The quantitative estimate of drug-likeness (QED) is 0.607. The number of hydrogen-bond donors (Lipinski definition) is 1. The highest BCUT2D eigenvalue weighted by Crippen LogP contribution is 2.35. The van der Waals surface area contributed by atoms with Crippen LogP contribution in [-0.4, -0.2) is 59.4 Å². The lowest BCUT2D eigenvalue weighted by Gasteiger charge is -2.43. The van der Waals surface area contributed by atoms with E-state index in [4.69, 9.17) is 9.47 Å². The Morgan fingerprint density at radius 2 is 1.23 bits per heavy atom. The molecule has 1 saturated heterocycles. The molecule has 0 aliphatic carbocycles. The Kier molecular flexibility index (Phi) is 8.43. The number of piperazine rings is 1. The van der Waals surface area contributed by atoms with Gasteiger partial charge in [-0.2, -0.15) is 0 Å². The molecular formula is C28H39N3O4. The van der Waals surface area contributed by atoms with Gasteiger partial charge in [0.1, 0.15) is 11.2 Å². The standard InChI is InChI=1S/C28H39N3O4/c1-27(2,3)34-25(32)29-23(21-13-9-7-10-14-21)24(22-15-11-8-12-16-22)30-17-19-31(20-18-30)26(33)35-28(4,5)6/h7-16,23-24H,17-20H2,1-6H3,(H,29,32)/t23-,24+/m1/s1. The van der Waals surface area contributed by atoms with Crippen molar-refractivity contribution in [2.45, 2.75) is 64.8 Å². The molecule has 2 atom stereocenters. The maximum atomic E-state index is 12.9. The molecule has 2 amide bonds. The van der Waals surface area contributed by atoms with Crippen LogP contribution in [0.3, 0.4) is 0 Å². The van der Waals surface area contributed by atoms with E-state index in [1.807, 2.05) is 90.1 Å². The van der Waals surface area contributed by atoms with Crippen molar-refractivity contribution in [3.63, 3.8) is 0 Å². The fourth-order valence-electron chi connectivity index (χ4n) is 4.21. The molecule has 0 bridgehead atoms. The maximum absolute atomic E-state index is 12.9. The predicted molar refractivity (Wildman–Crippen MR) is 137 cm³/mol. The summed E-state index contributed by atoms with van der Waals surface area (Å²) in [6, 6.07) is 19.6. The third-order valence-electron chi connectivity index (χ3n) is 5.65. The Hall–Kier alpha value is -3.06. The summed E-state index contributed by atoms with van der Waals surface area (Å²) >= 11 is 0. The fourth-order valence-corrected chi connectivity index (χ4v) is 4.21. The van der Waals surface area contributed by atoms with Gasteiger partial charge in [0.05, 0.1) is 12.1 Å². The molecular weight excluding hydrogens is 442 g/mol. The molecule has 1 heterocycles. The Morgan fingerprint density at radius 1 is 0.743 bits per heavy atom. The van der Waals surface area contributed by atoms with Crippen molar-refractivity contribution in [2.75, 3.05) is 26.2 Å². The van der Waals surface area contributed by atoms with E-state index in [-0.39, 0.29) is 18.2 Å². The van der Waals surface area contributed by atoms with Crippen molar-refractivity contribution in [3.05, 3.63) is 71.8 Å². The van der Waals surface area contributed by atoms with Gasteiger partial charge >= 0.3 is 12.2 Å². The van der Waals surface area contributed by atoms with Gasteiger partial charge in [0.25, 0.3) is 0 Å². The molecule has 190 valence electrons. The van der Waals surface area contributed by atoms with Crippen molar-refractivity contribution in [3.8, 4) is 0 Å². The molecule has 1 aliphatic heterocycles. The first-order chi connectivity index (χ1) is 16.4. The molecule has 7 nitrogen and oxygen atoms in total. The summed E-state index contributed by atoms with van der Waals surface area (Å²) in [7, 11) is 0. The van der Waals surface area contributed by atoms with Crippen molar-refractivity contribution in [1.82, 2.24) is 15.1 Å². The van der Waals surface area contributed by atoms with Gasteiger partial charge < -0.3 is 19.7 Å². The number of amides is 2. The number of alkyl carbamates (subject to hydrolysis) is 1. The summed E-state index contributed by atoms with van der Waals surface area (Å²) in [4.78, 5) is 29.6. The number of rotatable bonds is 5. The zero-order valence-corrected chi connectivity index (χ0v) is 21.8. The molecule has 1 fully saturated rings. The highest BCUT2D eigenvalue weighted by Gasteiger charge is 2.36. The van der Waals surface area contributed by atoms with Crippen molar-refractivity contribution in [2.24, 2.45) is 0 Å². The lowest BCUT2D eigenvalue weighted by atomic mass is 9.91. The van der Waals surface area contributed by atoms with Gasteiger partial charge in [-0.15, -0.1) is 0 Å². The van der Waals surface area contributed by atoms with E-state index in [1.165, 1.54) is 0 Å². The van der Waals surface area contributed by atoms with Crippen LogP contribution in [0.2, 0.25) is 0 Å². The highest BCUT2D eigenvalue weighted by atomic mass is 16.6. The lowest BCUT2D eigenvalue weighted by Crippen LogP contribution is -2.53. The second kappa shape index (κ2) is 11.1. The molecule has 35 heavy (non-hydrogen) atoms. The summed E-state index contributed by atoms with van der Waals surface area (Å²) in [5.41, 5.74) is 0.938. The zero-order chi connectivity index (χ0) is 25.6. The van der Waals surface area contributed by atoms with Gasteiger partial charge in [0, 0.05) is 26.2 Å². The Balaban J connectivity index is 1.88. The number of carbonyl (C=O) groups is 2. The van der Waals surface area contributed by atoms with Gasteiger partial charge in [-0.25, -0.2) is 9.59 Å². The Morgan fingerprint density at radius 3 is 1.71 bits per heavy atom. The molecule has 1 N–H and O–H groups in total.